The molecule has 4 aromatic rings. The van der Waals surface area contributed by atoms with Crippen LogP contribution in [0.15, 0.2) is 61.2 Å². The van der Waals surface area contributed by atoms with Crippen LogP contribution in [0.5, 0.6) is 0 Å². The summed E-state index contributed by atoms with van der Waals surface area (Å²) in [5, 5.41) is 4.14. The maximum absolute atomic E-state index is 13.5. The minimum Gasteiger partial charge on any atom is -0.343 e. The Hall–Kier alpha value is -3.28. The molecule has 1 aromatic carbocycles. The van der Waals surface area contributed by atoms with Crippen LogP contribution in [0.2, 0.25) is 0 Å². The van der Waals surface area contributed by atoms with Crippen molar-refractivity contribution < 1.29 is 4.39 Å². The molecule has 5 nitrogen and oxygen atoms in total. The van der Waals surface area contributed by atoms with Crippen molar-refractivity contribution in [2.75, 3.05) is 5.32 Å². The molecule has 0 atom stereocenters. The summed E-state index contributed by atoms with van der Waals surface area (Å²) in [5.41, 5.74) is 2.77. The monoisotopic (exact) mass is 319 g/mol. The number of hydrogen-bond acceptors (Lipinski definition) is 4. The molecule has 3 aromatic heterocycles. The minimum absolute atomic E-state index is 0.248. The first-order valence-corrected chi connectivity index (χ1v) is 7.45. The van der Waals surface area contributed by atoms with Crippen LogP contribution in [-0.2, 0) is 7.05 Å². The van der Waals surface area contributed by atoms with Gasteiger partial charge in [-0.05, 0) is 24.3 Å². The highest BCUT2D eigenvalue weighted by atomic mass is 19.1. The standard InChI is InChI=1S/C18H14FN5/c1-24-15(12-3-2-4-14(19)7-12)8-13-10-21-18(9-16(13)24)23-17-5-6-20-11-22-17/h2-11H,1H3,(H,20,21,22,23). The topological polar surface area (TPSA) is 55.6 Å². The zero-order valence-corrected chi connectivity index (χ0v) is 12.9. The Balaban J connectivity index is 1.76. The van der Waals surface area contributed by atoms with Crippen molar-refractivity contribution in [3.8, 4) is 11.3 Å². The molecule has 0 saturated carbocycles. The average Bonchev–Trinajstić information content (AvgIpc) is 2.93. The number of nitrogens with one attached hydrogen (secondary N) is 1. The van der Waals surface area contributed by atoms with Gasteiger partial charge in [-0.2, -0.15) is 0 Å². The van der Waals surface area contributed by atoms with E-state index in [1.807, 2.05) is 29.8 Å². The van der Waals surface area contributed by atoms with E-state index in [9.17, 15) is 4.39 Å². The van der Waals surface area contributed by atoms with E-state index in [0.717, 1.165) is 22.2 Å². The van der Waals surface area contributed by atoms with Gasteiger partial charge in [0.1, 0.15) is 23.8 Å². The van der Waals surface area contributed by atoms with Crippen molar-refractivity contribution in [1.82, 2.24) is 19.5 Å². The van der Waals surface area contributed by atoms with E-state index in [2.05, 4.69) is 20.3 Å². The summed E-state index contributed by atoms with van der Waals surface area (Å²) >= 11 is 0. The Morgan fingerprint density at radius 1 is 1.04 bits per heavy atom. The molecule has 0 amide bonds. The highest BCUT2D eigenvalue weighted by Gasteiger charge is 2.10. The third-order valence-electron chi connectivity index (χ3n) is 3.89. The third-order valence-corrected chi connectivity index (χ3v) is 3.89. The van der Waals surface area contributed by atoms with Gasteiger partial charge in [-0.1, -0.05) is 12.1 Å². The molecule has 3 heterocycles. The Morgan fingerprint density at radius 3 is 2.75 bits per heavy atom. The van der Waals surface area contributed by atoms with E-state index in [4.69, 9.17) is 0 Å². The van der Waals surface area contributed by atoms with Gasteiger partial charge < -0.3 is 9.88 Å². The van der Waals surface area contributed by atoms with E-state index in [-0.39, 0.29) is 5.82 Å². The van der Waals surface area contributed by atoms with Gasteiger partial charge >= 0.3 is 0 Å². The molecule has 0 fully saturated rings. The van der Waals surface area contributed by atoms with E-state index in [1.54, 1.807) is 24.5 Å². The maximum Gasteiger partial charge on any atom is 0.134 e. The second kappa shape index (κ2) is 5.73. The number of aromatic nitrogens is 4. The Labute approximate surface area is 137 Å². The first-order chi connectivity index (χ1) is 11.7. The SMILES string of the molecule is Cn1c(-c2cccc(F)c2)cc2cnc(Nc3ccncn3)cc21. The number of fused-ring (bicyclic) bond motifs is 1. The minimum atomic E-state index is -0.248. The van der Waals surface area contributed by atoms with Gasteiger partial charge in [0.2, 0.25) is 0 Å². The summed E-state index contributed by atoms with van der Waals surface area (Å²) < 4.78 is 15.5. The Kier molecular flexibility index (Phi) is 3.42. The molecule has 6 heteroatoms. The predicted molar refractivity (Wildman–Crippen MR) is 91.4 cm³/mol. The predicted octanol–water partition coefficient (Wildman–Crippen LogP) is 3.91. The zero-order chi connectivity index (χ0) is 16.5. The lowest BCUT2D eigenvalue weighted by atomic mass is 10.1. The van der Waals surface area contributed by atoms with Crippen molar-refractivity contribution in [3.05, 3.63) is 67.0 Å². The lowest BCUT2D eigenvalue weighted by molar-refractivity contribution is 0.628. The largest absolute Gasteiger partial charge is 0.343 e. The normalized spacial score (nSPS) is 10.9. The first kappa shape index (κ1) is 14.3. The van der Waals surface area contributed by atoms with Crippen LogP contribution in [0.3, 0.4) is 0 Å². The van der Waals surface area contributed by atoms with Gasteiger partial charge in [0.25, 0.3) is 0 Å². The van der Waals surface area contributed by atoms with Crippen LogP contribution < -0.4 is 5.32 Å². The smallest absolute Gasteiger partial charge is 0.134 e. The quantitative estimate of drug-likeness (QED) is 0.622. The van der Waals surface area contributed by atoms with Crippen LogP contribution >= 0.6 is 0 Å². The number of pyridine rings is 1. The van der Waals surface area contributed by atoms with Gasteiger partial charge in [-0.25, -0.2) is 19.3 Å². The summed E-state index contributed by atoms with van der Waals surface area (Å²) in [5.74, 6) is 1.12. The molecule has 0 saturated heterocycles. The van der Waals surface area contributed by atoms with Gasteiger partial charge in [-0.15, -0.1) is 0 Å². The average molecular weight is 319 g/mol. The zero-order valence-electron chi connectivity index (χ0n) is 12.9. The molecule has 0 aliphatic rings. The summed E-state index contributed by atoms with van der Waals surface area (Å²) in [6, 6.07) is 12.3. The summed E-state index contributed by atoms with van der Waals surface area (Å²) in [4.78, 5) is 12.4. The number of anilines is 2. The summed E-state index contributed by atoms with van der Waals surface area (Å²) in [6.07, 6.45) is 4.94. The van der Waals surface area contributed by atoms with E-state index in [0.29, 0.717) is 11.6 Å². The highest BCUT2D eigenvalue weighted by molar-refractivity contribution is 5.88. The van der Waals surface area contributed by atoms with E-state index < -0.39 is 0 Å². The lowest BCUT2D eigenvalue weighted by Crippen LogP contribution is -1.97. The van der Waals surface area contributed by atoms with Crippen molar-refractivity contribution >= 4 is 22.5 Å². The molecule has 0 aliphatic carbocycles. The number of aryl methyl sites for hydroxylation is 1. The van der Waals surface area contributed by atoms with Gasteiger partial charge in [0, 0.05) is 42.2 Å². The molecule has 0 unspecified atom stereocenters. The van der Waals surface area contributed by atoms with Crippen molar-refractivity contribution in [3.63, 3.8) is 0 Å². The molecule has 0 aliphatic heterocycles. The number of benzene rings is 1. The molecule has 0 bridgehead atoms. The van der Waals surface area contributed by atoms with Gasteiger partial charge in [-0.3, -0.25) is 0 Å². The molecule has 1 N–H and O–H groups in total. The molecule has 118 valence electrons. The van der Waals surface area contributed by atoms with E-state index >= 15 is 0 Å². The second-order valence-electron chi connectivity index (χ2n) is 5.45. The van der Waals surface area contributed by atoms with Crippen LogP contribution in [-0.4, -0.2) is 19.5 Å². The molecule has 24 heavy (non-hydrogen) atoms. The lowest BCUT2D eigenvalue weighted by Gasteiger charge is -2.06. The Bertz CT molecular complexity index is 1010. The Morgan fingerprint density at radius 2 is 1.96 bits per heavy atom. The fourth-order valence-electron chi connectivity index (χ4n) is 2.72. The van der Waals surface area contributed by atoms with Crippen LogP contribution in [0.25, 0.3) is 22.2 Å². The third kappa shape index (κ3) is 2.58. The van der Waals surface area contributed by atoms with Gasteiger partial charge in [0.15, 0.2) is 0 Å². The first-order valence-electron chi connectivity index (χ1n) is 7.45. The van der Waals surface area contributed by atoms with Crippen molar-refractivity contribution in [1.29, 1.82) is 0 Å². The number of hydrogen-bond donors (Lipinski definition) is 1. The number of rotatable bonds is 3. The number of nitrogens with zero attached hydrogens (tertiary/aromatic N) is 4. The number of halogens is 1. The summed E-state index contributed by atoms with van der Waals surface area (Å²) in [6.45, 7) is 0. The van der Waals surface area contributed by atoms with Crippen molar-refractivity contribution in [2.45, 2.75) is 0 Å². The molecule has 4 rings (SSSR count). The fraction of sp³-hybridized carbons (Fsp3) is 0.0556. The molecular weight excluding hydrogens is 305 g/mol. The van der Waals surface area contributed by atoms with Crippen LogP contribution in [0, 0.1) is 5.82 Å². The summed E-state index contributed by atoms with van der Waals surface area (Å²) in [7, 11) is 1.96. The van der Waals surface area contributed by atoms with Gasteiger partial charge in [0.05, 0.1) is 5.52 Å². The second-order valence-corrected chi connectivity index (χ2v) is 5.45. The van der Waals surface area contributed by atoms with Crippen molar-refractivity contribution in [2.24, 2.45) is 7.05 Å². The molecule has 0 radical (unpaired) electrons. The van der Waals surface area contributed by atoms with Crippen LogP contribution in [0.4, 0.5) is 16.0 Å². The fourth-order valence-corrected chi connectivity index (χ4v) is 2.72. The highest BCUT2D eigenvalue weighted by Crippen LogP contribution is 2.28. The molecule has 0 spiro atoms. The maximum atomic E-state index is 13.5. The van der Waals surface area contributed by atoms with Crippen LogP contribution in [0.1, 0.15) is 0 Å². The molecular formula is C18H14FN5. The van der Waals surface area contributed by atoms with E-state index in [1.165, 1.54) is 18.5 Å².